The van der Waals surface area contributed by atoms with Crippen molar-refractivity contribution in [2.24, 2.45) is 0 Å². The largest absolute Gasteiger partial charge is 0.503 e. The molecule has 1 aromatic carbocycles. The van der Waals surface area contributed by atoms with E-state index in [9.17, 15) is 23.4 Å². The van der Waals surface area contributed by atoms with Gasteiger partial charge in [0, 0.05) is 0 Å². The van der Waals surface area contributed by atoms with E-state index >= 15 is 0 Å². The summed E-state index contributed by atoms with van der Waals surface area (Å²) in [7, 11) is 0. The lowest BCUT2D eigenvalue weighted by molar-refractivity contribution is -0.137. The minimum atomic E-state index is -4.55. The molecule has 1 heterocycles. The summed E-state index contributed by atoms with van der Waals surface area (Å²) in [6.45, 7) is 0. The van der Waals surface area contributed by atoms with Crippen molar-refractivity contribution in [3.05, 3.63) is 33.4 Å². The van der Waals surface area contributed by atoms with Gasteiger partial charge in [0.2, 0.25) is 0 Å². The maximum absolute atomic E-state index is 12.6. The van der Waals surface area contributed by atoms with E-state index in [2.05, 4.69) is 9.97 Å². The molecule has 2 N–H and O–H groups in total. The third-order valence-corrected chi connectivity index (χ3v) is 3.01. The number of alkyl halides is 3. The Kier molecular flexibility index (Phi) is 2.22. The summed E-state index contributed by atoms with van der Waals surface area (Å²) in [5.74, 6) is -0.932. The number of halogens is 4. The lowest BCUT2D eigenvalue weighted by atomic mass is 10.1. The van der Waals surface area contributed by atoms with Crippen LogP contribution in [0.5, 0.6) is 0 Å². The number of nitrogens with zero attached hydrogens (tertiary/aromatic N) is 2. The molecule has 2 aromatic rings. The second kappa shape index (κ2) is 3.51. The van der Waals surface area contributed by atoms with Gasteiger partial charge in [-0.15, -0.1) is 0 Å². The first-order valence-corrected chi connectivity index (χ1v) is 5.38. The van der Waals surface area contributed by atoms with E-state index in [0.717, 1.165) is 12.1 Å². The van der Waals surface area contributed by atoms with Crippen LogP contribution in [0.15, 0.2) is 12.1 Å². The Bertz CT molecular complexity index is 846. The van der Waals surface area contributed by atoms with Crippen molar-refractivity contribution < 1.29 is 23.4 Å². The number of aromatic nitrogens is 2. The monoisotopic (exact) mass is 288 g/mol. The molecule has 8 heteroatoms. The molecule has 0 fully saturated rings. The summed E-state index contributed by atoms with van der Waals surface area (Å²) in [6.07, 6.45) is -4.55. The highest BCUT2D eigenvalue weighted by molar-refractivity contribution is 6.35. The van der Waals surface area contributed by atoms with E-state index < -0.39 is 23.3 Å². The standard InChI is InChI=1S/C11H4ClF3N2O2/c12-4-1-3(11(13,14)15)2-5-6(4)17-8-7(16-5)9(18)10(8)19/h1-2,18-19H. The van der Waals surface area contributed by atoms with Crippen LogP contribution in [0.25, 0.3) is 22.6 Å². The molecule has 0 saturated carbocycles. The first kappa shape index (κ1) is 12.0. The quantitative estimate of drug-likeness (QED) is 0.773. The van der Waals surface area contributed by atoms with Crippen molar-refractivity contribution in [2.45, 2.75) is 6.18 Å². The van der Waals surface area contributed by atoms with Crippen LogP contribution < -0.4 is 10.7 Å². The zero-order chi connectivity index (χ0) is 13.9. The van der Waals surface area contributed by atoms with Crippen molar-refractivity contribution >= 4 is 34.2 Å². The van der Waals surface area contributed by atoms with Gasteiger partial charge in [0.1, 0.15) is 16.2 Å². The molecule has 98 valence electrons. The molecule has 0 aliphatic heterocycles. The average molecular weight is 289 g/mol. The molecule has 0 bridgehead atoms. The Balaban J connectivity index is 2.40. The molecule has 19 heavy (non-hydrogen) atoms. The molecule has 4 nitrogen and oxygen atoms in total. The predicted molar refractivity (Wildman–Crippen MR) is 60.9 cm³/mol. The maximum atomic E-state index is 12.6. The van der Waals surface area contributed by atoms with Gasteiger partial charge in [-0.05, 0) is 12.1 Å². The summed E-state index contributed by atoms with van der Waals surface area (Å²) in [5, 5.41) is 18.4. The number of aliphatic hydroxyl groups excluding tert-OH is 2. The molecule has 0 amide bonds. The number of fused-ring (bicyclic) bond motifs is 2. The van der Waals surface area contributed by atoms with E-state index in [1.807, 2.05) is 0 Å². The summed E-state index contributed by atoms with van der Waals surface area (Å²) in [5.41, 5.74) is -1.02. The van der Waals surface area contributed by atoms with E-state index in [-0.39, 0.29) is 26.8 Å². The molecule has 0 spiro atoms. The van der Waals surface area contributed by atoms with E-state index in [4.69, 9.17) is 11.6 Å². The van der Waals surface area contributed by atoms with Gasteiger partial charge in [-0.25, -0.2) is 9.97 Å². The first-order valence-electron chi connectivity index (χ1n) is 5.00. The summed E-state index contributed by atoms with van der Waals surface area (Å²) < 4.78 is 37.9. The van der Waals surface area contributed by atoms with Crippen LogP contribution in [0.3, 0.4) is 0 Å². The van der Waals surface area contributed by atoms with Gasteiger partial charge in [0.05, 0.1) is 16.1 Å². The Hall–Kier alpha value is -2.02. The predicted octanol–water partition coefficient (Wildman–Crippen LogP) is 1.65. The molecular formula is C11H4ClF3N2O2. The van der Waals surface area contributed by atoms with Crippen molar-refractivity contribution in [1.82, 2.24) is 9.97 Å². The summed E-state index contributed by atoms with van der Waals surface area (Å²) in [4.78, 5) is 7.70. The molecule has 0 atom stereocenters. The summed E-state index contributed by atoms with van der Waals surface area (Å²) >= 11 is 5.74. The molecular weight excluding hydrogens is 285 g/mol. The Morgan fingerprint density at radius 1 is 1.00 bits per heavy atom. The van der Waals surface area contributed by atoms with Crippen molar-refractivity contribution in [3.63, 3.8) is 0 Å². The lowest BCUT2D eigenvalue weighted by Gasteiger charge is -2.11. The van der Waals surface area contributed by atoms with Crippen LogP contribution in [-0.2, 0) is 6.18 Å². The fourth-order valence-electron chi connectivity index (χ4n) is 1.77. The van der Waals surface area contributed by atoms with Crippen LogP contribution in [0.4, 0.5) is 13.2 Å². The minimum absolute atomic E-state index is 0.0201. The van der Waals surface area contributed by atoms with Crippen LogP contribution in [0.2, 0.25) is 5.02 Å². The number of benzene rings is 1. The Labute approximate surface area is 108 Å². The molecule has 1 aliphatic carbocycles. The summed E-state index contributed by atoms with van der Waals surface area (Å²) in [6, 6.07) is 1.53. The van der Waals surface area contributed by atoms with Crippen LogP contribution in [0, 0.1) is 0 Å². The normalized spacial score (nSPS) is 14.5. The highest BCUT2D eigenvalue weighted by atomic mass is 35.5. The van der Waals surface area contributed by atoms with Crippen molar-refractivity contribution in [3.8, 4) is 0 Å². The number of aliphatic hydroxyl groups is 2. The van der Waals surface area contributed by atoms with E-state index in [0.29, 0.717) is 0 Å². The molecule has 0 radical (unpaired) electrons. The fourth-order valence-corrected chi connectivity index (χ4v) is 2.03. The number of hydrogen-bond donors (Lipinski definition) is 2. The van der Waals surface area contributed by atoms with Gasteiger partial charge < -0.3 is 10.2 Å². The SMILES string of the molecule is OC1=c2nc3cc(C(F)(F)F)cc(Cl)c3nc2=C1O. The highest BCUT2D eigenvalue weighted by Crippen LogP contribution is 2.33. The number of rotatable bonds is 0. The molecule has 1 aromatic heterocycles. The fraction of sp³-hybridized carbons (Fsp3) is 0.0909. The van der Waals surface area contributed by atoms with Gasteiger partial charge in [-0.2, -0.15) is 13.2 Å². The second-order valence-electron chi connectivity index (χ2n) is 3.94. The smallest absolute Gasteiger partial charge is 0.416 e. The van der Waals surface area contributed by atoms with Gasteiger partial charge in [-0.3, -0.25) is 0 Å². The van der Waals surface area contributed by atoms with Gasteiger partial charge >= 0.3 is 6.18 Å². The topological polar surface area (TPSA) is 66.2 Å². The van der Waals surface area contributed by atoms with E-state index in [1.54, 1.807) is 0 Å². The van der Waals surface area contributed by atoms with Gasteiger partial charge in [0.15, 0.2) is 11.5 Å². The third kappa shape index (κ3) is 1.61. The highest BCUT2D eigenvalue weighted by Gasteiger charge is 2.32. The van der Waals surface area contributed by atoms with Crippen LogP contribution in [0.1, 0.15) is 5.56 Å². The zero-order valence-electron chi connectivity index (χ0n) is 8.96. The Morgan fingerprint density at radius 2 is 1.58 bits per heavy atom. The van der Waals surface area contributed by atoms with Crippen molar-refractivity contribution in [1.29, 1.82) is 0 Å². The first-order chi connectivity index (χ1) is 8.79. The third-order valence-electron chi connectivity index (χ3n) is 2.72. The lowest BCUT2D eigenvalue weighted by Crippen LogP contribution is -2.43. The molecule has 3 rings (SSSR count). The van der Waals surface area contributed by atoms with Gasteiger partial charge in [0.25, 0.3) is 0 Å². The van der Waals surface area contributed by atoms with Gasteiger partial charge in [-0.1, -0.05) is 11.6 Å². The van der Waals surface area contributed by atoms with Crippen LogP contribution >= 0.6 is 11.6 Å². The number of hydrogen-bond acceptors (Lipinski definition) is 4. The van der Waals surface area contributed by atoms with Crippen molar-refractivity contribution in [2.75, 3.05) is 0 Å². The Morgan fingerprint density at radius 3 is 2.16 bits per heavy atom. The second-order valence-corrected chi connectivity index (χ2v) is 4.35. The average Bonchev–Trinajstić information content (AvgIpc) is 2.35. The molecule has 1 aliphatic rings. The maximum Gasteiger partial charge on any atom is 0.416 e. The van der Waals surface area contributed by atoms with E-state index in [1.165, 1.54) is 0 Å². The molecule has 0 unspecified atom stereocenters. The minimum Gasteiger partial charge on any atom is -0.503 e. The molecule has 0 saturated heterocycles. The zero-order valence-corrected chi connectivity index (χ0v) is 9.71. The van der Waals surface area contributed by atoms with Crippen LogP contribution in [-0.4, -0.2) is 20.2 Å².